The van der Waals surface area contributed by atoms with Gasteiger partial charge in [-0.15, -0.1) is 0 Å². The lowest BCUT2D eigenvalue weighted by Gasteiger charge is -2.08. The zero-order valence-corrected chi connectivity index (χ0v) is 8.15. The lowest BCUT2D eigenvalue weighted by molar-refractivity contribution is -0.125. The molecule has 0 aliphatic rings. The number of hydrogen-bond donors (Lipinski definition) is 3. The van der Waals surface area contributed by atoms with E-state index in [9.17, 15) is 9.59 Å². The molecule has 0 unspecified atom stereocenters. The third-order valence-electron chi connectivity index (χ3n) is 1.04. The Balaban J connectivity index is 3.51. The third-order valence-corrected chi connectivity index (χ3v) is 1.33. The van der Waals surface area contributed by atoms with Crippen LogP contribution < -0.4 is 10.6 Å². The summed E-state index contributed by atoms with van der Waals surface area (Å²) in [6, 6.07) is 0.102. The molecule has 0 aliphatic carbocycles. The summed E-state index contributed by atoms with van der Waals surface area (Å²) in [6.45, 7) is 3.74. The predicted molar refractivity (Wildman–Crippen MR) is 50.1 cm³/mol. The van der Waals surface area contributed by atoms with Crippen LogP contribution in [0.1, 0.15) is 13.8 Å². The zero-order valence-electron chi connectivity index (χ0n) is 7.26. The summed E-state index contributed by atoms with van der Waals surface area (Å²) in [7, 11) is 0. The van der Waals surface area contributed by atoms with E-state index in [1.165, 1.54) is 0 Å². The summed E-state index contributed by atoms with van der Waals surface area (Å²) in [4.78, 5) is 21.6. The molecule has 5 heteroatoms. The first-order valence-electron chi connectivity index (χ1n) is 3.73. The highest BCUT2D eigenvalue weighted by molar-refractivity contribution is 7.81. The van der Waals surface area contributed by atoms with Gasteiger partial charge in [0.1, 0.15) is 0 Å². The van der Waals surface area contributed by atoms with Crippen LogP contribution in [0, 0.1) is 0 Å². The van der Waals surface area contributed by atoms with Gasteiger partial charge in [-0.2, -0.15) is 12.6 Å². The van der Waals surface area contributed by atoms with Gasteiger partial charge in [-0.25, -0.2) is 0 Å². The first-order valence-corrected chi connectivity index (χ1v) is 4.36. The van der Waals surface area contributed by atoms with Gasteiger partial charge < -0.3 is 10.6 Å². The molecule has 12 heavy (non-hydrogen) atoms. The number of amides is 2. The van der Waals surface area contributed by atoms with Gasteiger partial charge in [-0.3, -0.25) is 9.59 Å². The highest BCUT2D eigenvalue weighted by Crippen LogP contribution is 1.77. The van der Waals surface area contributed by atoms with Crippen molar-refractivity contribution in [1.82, 2.24) is 10.6 Å². The van der Waals surface area contributed by atoms with E-state index >= 15 is 0 Å². The van der Waals surface area contributed by atoms with Gasteiger partial charge in [0.25, 0.3) is 0 Å². The van der Waals surface area contributed by atoms with E-state index in [1.807, 2.05) is 13.8 Å². The van der Waals surface area contributed by atoms with E-state index in [0.29, 0.717) is 0 Å². The number of hydrogen-bond acceptors (Lipinski definition) is 3. The molecule has 0 aromatic heterocycles. The summed E-state index contributed by atoms with van der Waals surface area (Å²) in [5.74, 6) is -0.313. The van der Waals surface area contributed by atoms with Gasteiger partial charge in [0, 0.05) is 6.04 Å². The smallest absolute Gasteiger partial charge is 0.239 e. The SMILES string of the molecule is CC(C)NC(=O)CNC(=O)CS. The molecule has 2 amide bonds. The van der Waals surface area contributed by atoms with Gasteiger partial charge in [0.05, 0.1) is 12.3 Å². The maximum atomic E-state index is 10.9. The Morgan fingerprint density at radius 3 is 2.33 bits per heavy atom. The van der Waals surface area contributed by atoms with Crippen molar-refractivity contribution in [1.29, 1.82) is 0 Å². The summed E-state index contributed by atoms with van der Waals surface area (Å²) in [6.07, 6.45) is 0. The monoisotopic (exact) mass is 190 g/mol. The summed E-state index contributed by atoms with van der Waals surface area (Å²) in [5.41, 5.74) is 0. The van der Waals surface area contributed by atoms with Gasteiger partial charge in [0.2, 0.25) is 11.8 Å². The average Bonchev–Trinajstić information content (AvgIpc) is 1.99. The molecule has 70 valence electrons. The molecular formula is C7H14N2O2S. The van der Waals surface area contributed by atoms with Gasteiger partial charge in [0.15, 0.2) is 0 Å². The first kappa shape index (κ1) is 11.3. The molecule has 0 aliphatic heterocycles. The van der Waals surface area contributed by atoms with Crippen molar-refractivity contribution in [3.63, 3.8) is 0 Å². The highest BCUT2D eigenvalue weighted by Gasteiger charge is 2.04. The Labute approximate surface area is 77.5 Å². The molecule has 0 fully saturated rings. The van der Waals surface area contributed by atoms with Crippen molar-refractivity contribution < 1.29 is 9.59 Å². The van der Waals surface area contributed by atoms with Crippen LogP contribution in [0.25, 0.3) is 0 Å². The highest BCUT2D eigenvalue weighted by atomic mass is 32.1. The molecule has 0 bridgehead atoms. The number of carbonyl (C=O) groups is 2. The number of rotatable bonds is 4. The normalized spacial score (nSPS) is 9.67. The second kappa shape index (κ2) is 5.88. The quantitative estimate of drug-likeness (QED) is 0.526. The van der Waals surface area contributed by atoms with Crippen molar-refractivity contribution in [2.45, 2.75) is 19.9 Å². The largest absolute Gasteiger partial charge is 0.352 e. The lowest BCUT2D eigenvalue weighted by Crippen LogP contribution is -2.40. The van der Waals surface area contributed by atoms with Crippen molar-refractivity contribution >= 4 is 24.4 Å². The molecule has 0 saturated heterocycles. The van der Waals surface area contributed by atoms with E-state index < -0.39 is 0 Å². The Kier molecular flexibility index (Phi) is 5.53. The zero-order chi connectivity index (χ0) is 9.56. The molecular weight excluding hydrogens is 176 g/mol. The Morgan fingerprint density at radius 2 is 1.92 bits per heavy atom. The molecule has 0 heterocycles. The number of thiol groups is 1. The minimum absolute atomic E-state index is 0.0254. The number of carbonyl (C=O) groups excluding carboxylic acids is 2. The standard InChI is InChI=1S/C7H14N2O2S/c1-5(2)9-6(10)3-8-7(11)4-12/h5,12H,3-4H2,1-2H3,(H,8,11)(H,9,10). The Bertz CT molecular complexity index is 171. The lowest BCUT2D eigenvalue weighted by atomic mass is 10.4. The Hall–Kier alpha value is -0.710. The van der Waals surface area contributed by atoms with Crippen LogP contribution in [-0.2, 0) is 9.59 Å². The van der Waals surface area contributed by atoms with E-state index in [4.69, 9.17) is 0 Å². The molecule has 0 rings (SSSR count). The van der Waals surface area contributed by atoms with Crippen molar-refractivity contribution in [2.75, 3.05) is 12.3 Å². The summed E-state index contributed by atoms with van der Waals surface area (Å²) in [5, 5.41) is 5.05. The molecule has 2 N–H and O–H groups in total. The minimum Gasteiger partial charge on any atom is -0.352 e. The molecule has 4 nitrogen and oxygen atoms in total. The minimum atomic E-state index is -0.239. The molecule has 0 radical (unpaired) electrons. The van der Waals surface area contributed by atoms with Crippen LogP contribution in [0.15, 0.2) is 0 Å². The van der Waals surface area contributed by atoms with E-state index in [-0.39, 0.29) is 30.2 Å². The fourth-order valence-electron chi connectivity index (χ4n) is 0.608. The molecule has 0 saturated carbocycles. The van der Waals surface area contributed by atoms with E-state index in [2.05, 4.69) is 23.3 Å². The third kappa shape index (κ3) is 6.03. The topological polar surface area (TPSA) is 58.2 Å². The van der Waals surface area contributed by atoms with E-state index in [0.717, 1.165) is 0 Å². The molecule has 0 atom stereocenters. The molecule has 0 spiro atoms. The van der Waals surface area contributed by atoms with Crippen molar-refractivity contribution in [3.8, 4) is 0 Å². The summed E-state index contributed by atoms with van der Waals surface area (Å²) >= 11 is 3.74. The van der Waals surface area contributed by atoms with Crippen molar-refractivity contribution in [3.05, 3.63) is 0 Å². The predicted octanol–water partition coefficient (Wildman–Crippen LogP) is -0.443. The van der Waals surface area contributed by atoms with Crippen molar-refractivity contribution in [2.24, 2.45) is 0 Å². The second-order valence-corrected chi connectivity index (χ2v) is 2.97. The second-order valence-electron chi connectivity index (χ2n) is 2.66. The molecule has 0 aromatic carbocycles. The van der Waals surface area contributed by atoms with Crippen LogP contribution in [0.4, 0.5) is 0 Å². The average molecular weight is 190 g/mol. The van der Waals surface area contributed by atoms with Crippen LogP contribution in [0.3, 0.4) is 0 Å². The van der Waals surface area contributed by atoms with Crippen LogP contribution >= 0.6 is 12.6 Å². The first-order chi connectivity index (χ1) is 5.56. The van der Waals surface area contributed by atoms with Crippen LogP contribution in [0.2, 0.25) is 0 Å². The van der Waals surface area contributed by atoms with E-state index in [1.54, 1.807) is 0 Å². The van der Waals surface area contributed by atoms with Gasteiger partial charge in [-0.1, -0.05) is 0 Å². The fraction of sp³-hybridized carbons (Fsp3) is 0.714. The maximum Gasteiger partial charge on any atom is 0.239 e. The molecule has 0 aromatic rings. The maximum absolute atomic E-state index is 10.9. The van der Waals surface area contributed by atoms with Gasteiger partial charge >= 0.3 is 0 Å². The fourth-order valence-corrected chi connectivity index (χ4v) is 0.720. The van der Waals surface area contributed by atoms with Crippen LogP contribution in [-0.4, -0.2) is 30.2 Å². The summed E-state index contributed by atoms with van der Waals surface area (Å²) < 4.78 is 0. The van der Waals surface area contributed by atoms with Gasteiger partial charge in [-0.05, 0) is 13.8 Å². The number of nitrogens with one attached hydrogen (secondary N) is 2. The van der Waals surface area contributed by atoms with Crippen LogP contribution in [0.5, 0.6) is 0 Å². The Morgan fingerprint density at radius 1 is 1.33 bits per heavy atom.